The molecule has 0 N–H and O–H groups in total. The Hall–Kier alpha value is -0.920. The van der Waals surface area contributed by atoms with E-state index in [0.717, 1.165) is 0 Å². The van der Waals surface area contributed by atoms with Crippen molar-refractivity contribution < 1.29 is 8.78 Å². The summed E-state index contributed by atoms with van der Waals surface area (Å²) in [5, 5.41) is 0. The topological polar surface area (TPSA) is 0 Å². The molecule has 3 aliphatic carbocycles. The maximum atomic E-state index is 14.5. The van der Waals surface area contributed by atoms with E-state index in [0.29, 0.717) is 11.1 Å². The van der Waals surface area contributed by atoms with E-state index in [1.165, 1.54) is 0 Å². The van der Waals surface area contributed by atoms with Gasteiger partial charge in [-0.3, -0.25) is 0 Å². The molecule has 74 valence electrons. The van der Waals surface area contributed by atoms with E-state index in [9.17, 15) is 8.78 Å². The number of rotatable bonds is 0. The lowest BCUT2D eigenvalue weighted by Gasteiger charge is -2.53. The van der Waals surface area contributed by atoms with E-state index in [-0.39, 0.29) is 6.42 Å². The second-order valence-corrected chi connectivity index (χ2v) is 4.95. The number of hydrogen-bond acceptors (Lipinski definition) is 0. The first kappa shape index (κ1) is 8.39. The van der Waals surface area contributed by atoms with Crippen LogP contribution in [-0.4, -0.2) is 0 Å². The van der Waals surface area contributed by atoms with Crippen LogP contribution >= 0.6 is 0 Å². The molecule has 0 saturated heterocycles. The zero-order valence-corrected chi connectivity index (χ0v) is 8.27. The maximum Gasteiger partial charge on any atom is 0.148 e. The monoisotopic (exact) mass is 194 g/mol. The van der Waals surface area contributed by atoms with Crippen molar-refractivity contribution in [2.75, 3.05) is 0 Å². The van der Waals surface area contributed by atoms with Crippen LogP contribution in [0.15, 0.2) is 24.3 Å². The second kappa shape index (κ2) is 1.88. The Labute approximate surface area is 81.9 Å². The van der Waals surface area contributed by atoms with Crippen LogP contribution in [0.1, 0.15) is 31.4 Å². The summed E-state index contributed by atoms with van der Waals surface area (Å²) in [5.41, 5.74) is -2.67. The Morgan fingerprint density at radius 1 is 1.00 bits per heavy atom. The molecule has 4 rings (SSSR count). The average Bonchev–Trinajstić information content (AvgIpc) is 2.47. The second-order valence-electron chi connectivity index (χ2n) is 4.95. The van der Waals surface area contributed by atoms with E-state index in [2.05, 4.69) is 0 Å². The number of hydrogen-bond donors (Lipinski definition) is 0. The standard InChI is InChI=1S/C12H12F2/c1-10(2)11(13)7-12(10,14)9-6-4-3-5-8(9)11/h3-6H,7H2,1-2H3. The first-order chi connectivity index (χ1) is 6.43. The van der Waals surface area contributed by atoms with Crippen molar-refractivity contribution in [1.82, 2.24) is 0 Å². The van der Waals surface area contributed by atoms with Crippen LogP contribution in [0.4, 0.5) is 8.78 Å². The smallest absolute Gasteiger partial charge is 0.148 e. The highest BCUT2D eigenvalue weighted by Crippen LogP contribution is 2.77. The van der Waals surface area contributed by atoms with Crippen molar-refractivity contribution in [2.24, 2.45) is 5.41 Å². The van der Waals surface area contributed by atoms with E-state index >= 15 is 0 Å². The zero-order valence-electron chi connectivity index (χ0n) is 8.27. The summed E-state index contributed by atoms with van der Waals surface area (Å²) < 4.78 is 28.9. The van der Waals surface area contributed by atoms with Crippen LogP contribution in [0.5, 0.6) is 0 Å². The predicted molar refractivity (Wildman–Crippen MR) is 50.4 cm³/mol. The van der Waals surface area contributed by atoms with Crippen LogP contribution in [0.25, 0.3) is 0 Å². The van der Waals surface area contributed by atoms with Gasteiger partial charge in [0.05, 0.1) is 0 Å². The lowest BCUT2D eigenvalue weighted by atomic mass is 9.55. The van der Waals surface area contributed by atoms with Crippen LogP contribution in [0.2, 0.25) is 0 Å². The molecule has 2 unspecified atom stereocenters. The molecule has 0 radical (unpaired) electrons. The molecule has 1 fully saturated rings. The van der Waals surface area contributed by atoms with E-state index in [1.54, 1.807) is 38.1 Å². The SMILES string of the molecule is CC1(C)C2(F)CC1(F)c1ccccc12. The highest BCUT2D eigenvalue weighted by molar-refractivity contribution is 5.53. The molecule has 0 amide bonds. The van der Waals surface area contributed by atoms with Gasteiger partial charge >= 0.3 is 0 Å². The van der Waals surface area contributed by atoms with Crippen LogP contribution in [0, 0.1) is 5.41 Å². The van der Waals surface area contributed by atoms with Gasteiger partial charge < -0.3 is 0 Å². The van der Waals surface area contributed by atoms with Gasteiger partial charge in [-0.2, -0.15) is 0 Å². The van der Waals surface area contributed by atoms with Gasteiger partial charge in [0, 0.05) is 11.8 Å². The minimum atomic E-state index is -1.45. The molecule has 0 aromatic heterocycles. The van der Waals surface area contributed by atoms with Gasteiger partial charge in [-0.25, -0.2) is 8.78 Å². The maximum absolute atomic E-state index is 14.5. The van der Waals surface area contributed by atoms with Gasteiger partial charge in [0.2, 0.25) is 0 Å². The molecule has 1 aromatic carbocycles. The molecule has 2 heteroatoms. The van der Waals surface area contributed by atoms with Gasteiger partial charge in [0.25, 0.3) is 0 Å². The first-order valence-electron chi connectivity index (χ1n) is 4.91. The van der Waals surface area contributed by atoms with Crippen LogP contribution in [-0.2, 0) is 11.3 Å². The Bertz CT molecular complexity index is 387. The minimum Gasteiger partial charge on any atom is -0.238 e. The van der Waals surface area contributed by atoms with Crippen molar-refractivity contribution in [3.63, 3.8) is 0 Å². The van der Waals surface area contributed by atoms with Gasteiger partial charge in [-0.1, -0.05) is 38.1 Å². The zero-order chi connectivity index (χ0) is 10.2. The summed E-state index contributed by atoms with van der Waals surface area (Å²) in [4.78, 5) is 0. The summed E-state index contributed by atoms with van der Waals surface area (Å²) >= 11 is 0. The van der Waals surface area contributed by atoms with Gasteiger partial charge in [0.15, 0.2) is 0 Å². The molecule has 0 heterocycles. The Kier molecular flexibility index (Phi) is 1.13. The van der Waals surface area contributed by atoms with Crippen molar-refractivity contribution in [3.05, 3.63) is 35.4 Å². The third-order valence-electron chi connectivity index (χ3n) is 4.25. The van der Waals surface area contributed by atoms with Crippen molar-refractivity contribution >= 4 is 0 Å². The lowest BCUT2D eigenvalue weighted by Crippen LogP contribution is -2.57. The molecule has 2 atom stereocenters. The molecule has 2 bridgehead atoms. The van der Waals surface area contributed by atoms with Gasteiger partial charge in [0.1, 0.15) is 11.3 Å². The van der Waals surface area contributed by atoms with Crippen molar-refractivity contribution in [3.8, 4) is 0 Å². The predicted octanol–water partition coefficient (Wildman–Crippen LogP) is 3.46. The molecule has 0 nitrogen and oxygen atoms in total. The van der Waals surface area contributed by atoms with Gasteiger partial charge in [-0.15, -0.1) is 0 Å². The Balaban J connectivity index is 2.34. The van der Waals surface area contributed by atoms with Crippen LogP contribution in [0.3, 0.4) is 0 Å². The molecular weight excluding hydrogens is 182 g/mol. The quantitative estimate of drug-likeness (QED) is 0.593. The largest absolute Gasteiger partial charge is 0.238 e. The highest BCUT2D eigenvalue weighted by atomic mass is 19.2. The minimum absolute atomic E-state index is 0.00630. The fourth-order valence-electron chi connectivity index (χ4n) is 3.02. The van der Waals surface area contributed by atoms with Crippen LogP contribution < -0.4 is 0 Å². The van der Waals surface area contributed by atoms with E-state index < -0.39 is 16.8 Å². The molecule has 0 aliphatic heterocycles. The molecular formula is C12H12F2. The third kappa shape index (κ3) is 0.530. The Morgan fingerprint density at radius 3 is 1.79 bits per heavy atom. The van der Waals surface area contributed by atoms with E-state index in [4.69, 9.17) is 0 Å². The molecule has 1 aromatic rings. The molecule has 0 spiro atoms. The van der Waals surface area contributed by atoms with Gasteiger partial charge in [-0.05, 0) is 11.1 Å². The fourth-order valence-corrected chi connectivity index (χ4v) is 3.02. The van der Waals surface area contributed by atoms with Crippen molar-refractivity contribution in [2.45, 2.75) is 31.6 Å². The summed E-state index contributed by atoms with van der Waals surface area (Å²) in [6, 6.07) is 6.98. The number of benzene rings is 1. The average molecular weight is 194 g/mol. The summed E-state index contributed by atoms with van der Waals surface area (Å²) in [7, 11) is 0. The summed E-state index contributed by atoms with van der Waals surface area (Å²) in [6.07, 6.45) is 0.00630. The van der Waals surface area contributed by atoms with Crippen molar-refractivity contribution in [1.29, 1.82) is 0 Å². The molecule has 1 saturated carbocycles. The highest BCUT2D eigenvalue weighted by Gasteiger charge is 2.78. The lowest BCUT2D eigenvalue weighted by molar-refractivity contribution is -0.204. The fraction of sp³-hybridized carbons (Fsp3) is 0.500. The number of halogens is 2. The number of alkyl halides is 2. The molecule has 14 heavy (non-hydrogen) atoms. The van der Waals surface area contributed by atoms with E-state index in [1.807, 2.05) is 0 Å². The normalized spacial score (nSPS) is 41.7. The first-order valence-corrected chi connectivity index (χ1v) is 4.91. The summed E-state index contributed by atoms with van der Waals surface area (Å²) in [5.74, 6) is 0. The Morgan fingerprint density at radius 2 is 1.43 bits per heavy atom. The third-order valence-corrected chi connectivity index (χ3v) is 4.25. The molecule has 3 aliphatic rings. The summed E-state index contributed by atoms with van der Waals surface area (Å²) in [6.45, 7) is 3.35.